The molecule has 1 amide bonds. The molecule has 0 bridgehead atoms. The minimum atomic E-state index is -0.702. The monoisotopic (exact) mass is 363 g/mol. The Morgan fingerprint density at radius 1 is 1.30 bits per heavy atom. The van der Waals surface area contributed by atoms with Crippen molar-refractivity contribution in [2.24, 2.45) is 5.73 Å². The average Bonchev–Trinajstić information content (AvgIpc) is 3.06. The molecule has 0 saturated carbocycles. The SMILES string of the molecule is C[C@@H]1CCCCN1Cc1ccc2[nH]c(-c3c[c]c(C(N)=O)[nH]c3=O)cc2c1. The molecule has 1 atom stereocenters. The van der Waals surface area contributed by atoms with Crippen LogP contribution in [0.15, 0.2) is 35.1 Å². The van der Waals surface area contributed by atoms with E-state index in [1.807, 2.05) is 6.07 Å². The molecule has 1 aromatic carbocycles. The normalized spacial score (nSPS) is 18.0. The molecule has 1 fully saturated rings. The second-order valence-corrected chi connectivity index (χ2v) is 7.32. The third-order valence-corrected chi connectivity index (χ3v) is 5.39. The number of hydrogen-bond acceptors (Lipinski definition) is 3. The first kappa shape index (κ1) is 17.5. The van der Waals surface area contributed by atoms with Crippen molar-refractivity contribution in [1.29, 1.82) is 0 Å². The number of fused-ring (bicyclic) bond motifs is 1. The predicted octanol–water partition coefficient (Wildman–Crippen LogP) is 2.80. The van der Waals surface area contributed by atoms with Gasteiger partial charge in [0.25, 0.3) is 11.5 Å². The van der Waals surface area contributed by atoms with Gasteiger partial charge in [-0.25, -0.2) is 0 Å². The maximum absolute atomic E-state index is 12.3. The molecule has 4 N–H and O–H groups in total. The number of primary amides is 1. The van der Waals surface area contributed by atoms with Gasteiger partial charge in [-0.3, -0.25) is 14.5 Å². The van der Waals surface area contributed by atoms with Gasteiger partial charge in [0.2, 0.25) is 0 Å². The molecule has 0 aliphatic carbocycles. The van der Waals surface area contributed by atoms with Crippen LogP contribution in [0.5, 0.6) is 0 Å². The van der Waals surface area contributed by atoms with Crippen LogP contribution in [0.2, 0.25) is 0 Å². The van der Waals surface area contributed by atoms with E-state index >= 15 is 0 Å². The van der Waals surface area contributed by atoms with Gasteiger partial charge in [-0.2, -0.15) is 0 Å². The molecule has 4 rings (SSSR count). The molecule has 1 aliphatic heterocycles. The van der Waals surface area contributed by atoms with E-state index in [4.69, 9.17) is 5.73 Å². The molecule has 0 spiro atoms. The van der Waals surface area contributed by atoms with Crippen molar-refractivity contribution in [1.82, 2.24) is 14.9 Å². The Morgan fingerprint density at radius 3 is 2.89 bits per heavy atom. The molecule has 27 heavy (non-hydrogen) atoms. The number of carbonyl (C=O) groups is 1. The number of amides is 1. The third kappa shape index (κ3) is 3.53. The van der Waals surface area contributed by atoms with Crippen molar-refractivity contribution >= 4 is 16.8 Å². The fourth-order valence-electron chi connectivity index (χ4n) is 3.81. The summed E-state index contributed by atoms with van der Waals surface area (Å²) in [6, 6.07) is 13.2. The first-order valence-electron chi connectivity index (χ1n) is 9.32. The number of nitrogens with one attached hydrogen (secondary N) is 2. The molecular weight excluding hydrogens is 340 g/mol. The summed E-state index contributed by atoms with van der Waals surface area (Å²) >= 11 is 0. The van der Waals surface area contributed by atoms with Crippen molar-refractivity contribution in [2.75, 3.05) is 6.54 Å². The quantitative estimate of drug-likeness (QED) is 0.665. The second kappa shape index (κ2) is 7.04. The number of carbonyl (C=O) groups excluding carboxylic acids is 1. The first-order chi connectivity index (χ1) is 13.0. The van der Waals surface area contributed by atoms with Crippen molar-refractivity contribution in [2.45, 2.75) is 38.8 Å². The van der Waals surface area contributed by atoms with E-state index in [1.54, 1.807) is 0 Å². The molecule has 1 radical (unpaired) electrons. The van der Waals surface area contributed by atoms with Crippen LogP contribution in [-0.4, -0.2) is 33.4 Å². The van der Waals surface area contributed by atoms with Crippen LogP contribution in [-0.2, 0) is 6.54 Å². The number of likely N-dealkylation sites (tertiary alicyclic amines) is 1. The van der Waals surface area contributed by atoms with Gasteiger partial charge in [-0.05, 0) is 56.1 Å². The van der Waals surface area contributed by atoms with Crippen LogP contribution in [0, 0.1) is 6.07 Å². The summed E-state index contributed by atoms with van der Waals surface area (Å²) in [4.78, 5) is 31.7. The van der Waals surface area contributed by atoms with Crippen molar-refractivity contribution in [3.63, 3.8) is 0 Å². The Morgan fingerprint density at radius 2 is 2.15 bits per heavy atom. The van der Waals surface area contributed by atoms with Crippen LogP contribution in [0.1, 0.15) is 42.2 Å². The van der Waals surface area contributed by atoms with Crippen molar-refractivity contribution in [3.8, 4) is 11.3 Å². The summed E-state index contributed by atoms with van der Waals surface area (Å²) in [7, 11) is 0. The average molecular weight is 363 g/mol. The first-order valence-corrected chi connectivity index (χ1v) is 9.32. The molecule has 6 heteroatoms. The molecule has 139 valence electrons. The van der Waals surface area contributed by atoms with Gasteiger partial charge in [-0.15, -0.1) is 0 Å². The highest BCUT2D eigenvalue weighted by Crippen LogP contribution is 2.25. The lowest BCUT2D eigenvalue weighted by Crippen LogP contribution is -2.36. The number of nitrogens with two attached hydrogens (primary N) is 1. The van der Waals surface area contributed by atoms with E-state index in [0.717, 1.165) is 24.0 Å². The largest absolute Gasteiger partial charge is 0.364 e. The standard InChI is InChI=1S/C21H23N4O2/c1-13-4-2-3-9-25(13)12-14-5-7-17-15(10-14)11-19(23-17)16-6-8-18(20(22)26)24-21(16)27/h5-7,10-11,13,23H,2-4,9,12H2,1H3,(H2,22,26)(H,24,27)/t13-/m1/s1. The number of nitrogens with zero attached hydrogens (tertiary/aromatic N) is 1. The molecule has 1 aliphatic rings. The van der Waals surface area contributed by atoms with Crippen LogP contribution in [0.3, 0.4) is 0 Å². The zero-order valence-electron chi connectivity index (χ0n) is 15.3. The molecule has 1 saturated heterocycles. The summed E-state index contributed by atoms with van der Waals surface area (Å²) in [5.74, 6) is -0.702. The fourth-order valence-corrected chi connectivity index (χ4v) is 3.81. The van der Waals surface area contributed by atoms with Gasteiger partial charge in [-0.1, -0.05) is 12.5 Å². The minimum Gasteiger partial charge on any atom is -0.364 e. The number of pyridine rings is 1. The molecule has 3 heterocycles. The summed E-state index contributed by atoms with van der Waals surface area (Å²) in [5, 5.41) is 1.06. The molecule has 6 nitrogen and oxygen atoms in total. The van der Waals surface area contributed by atoms with Crippen LogP contribution < -0.4 is 11.3 Å². The number of rotatable bonds is 4. The Labute approximate surface area is 157 Å². The van der Waals surface area contributed by atoms with E-state index < -0.39 is 5.91 Å². The van der Waals surface area contributed by atoms with E-state index in [9.17, 15) is 9.59 Å². The van der Waals surface area contributed by atoms with Crippen molar-refractivity contribution < 1.29 is 4.79 Å². The maximum Gasteiger partial charge on any atom is 0.265 e. The molecule has 2 aromatic heterocycles. The van der Waals surface area contributed by atoms with Gasteiger partial charge >= 0.3 is 0 Å². The Balaban J connectivity index is 1.63. The topological polar surface area (TPSA) is 95.0 Å². The summed E-state index contributed by atoms with van der Waals surface area (Å²) in [6.07, 6.45) is 3.84. The Bertz CT molecular complexity index is 1050. The smallest absolute Gasteiger partial charge is 0.265 e. The highest BCUT2D eigenvalue weighted by Gasteiger charge is 2.18. The summed E-state index contributed by atoms with van der Waals surface area (Å²) in [6.45, 7) is 4.39. The lowest BCUT2D eigenvalue weighted by atomic mass is 10.0. The Hall–Kier alpha value is -2.86. The third-order valence-electron chi connectivity index (χ3n) is 5.39. The van der Waals surface area contributed by atoms with Gasteiger partial charge in [0.05, 0.1) is 11.3 Å². The zero-order valence-corrected chi connectivity index (χ0v) is 15.3. The predicted molar refractivity (Wildman–Crippen MR) is 105 cm³/mol. The van der Waals surface area contributed by atoms with E-state index in [-0.39, 0.29) is 11.3 Å². The molecule has 3 aromatic rings. The van der Waals surface area contributed by atoms with E-state index in [0.29, 0.717) is 17.3 Å². The second-order valence-electron chi connectivity index (χ2n) is 7.32. The van der Waals surface area contributed by atoms with Gasteiger partial charge < -0.3 is 15.7 Å². The van der Waals surface area contributed by atoms with Gasteiger partial charge in [0.1, 0.15) is 5.69 Å². The van der Waals surface area contributed by atoms with E-state index in [2.05, 4.69) is 46.1 Å². The maximum atomic E-state index is 12.3. The lowest BCUT2D eigenvalue weighted by Gasteiger charge is -2.33. The zero-order chi connectivity index (χ0) is 19.0. The number of H-pyrrole nitrogens is 2. The molecule has 0 unspecified atom stereocenters. The fraction of sp³-hybridized carbons (Fsp3) is 0.333. The number of aromatic nitrogens is 2. The van der Waals surface area contributed by atoms with Crippen LogP contribution in [0.4, 0.5) is 0 Å². The highest BCUT2D eigenvalue weighted by molar-refractivity contribution is 5.91. The van der Waals surface area contributed by atoms with Gasteiger partial charge in [0, 0.05) is 29.6 Å². The summed E-state index contributed by atoms with van der Waals surface area (Å²) < 4.78 is 0. The van der Waals surface area contributed by atoms with Crippen LogP contribution >= 0.6 is 0 Å². The number of benzene rings is 1. The van der Waals surface area contributed by atoms with Gasteiger partial charge in [0.15, 0.2) is 0 Å². The Kier molecular flexibility index (Phi) is 4.58. The number of aromatic amines is 2. The number of piperidine rings is 1. The minimum absolute atomic E-state index is 0.0159. The van der Waals surface area contributed by atoms with E-state index in [1.165, 1.54) is 30.9 Å². The lowest BCUT2D eigenvalue weighted by molar-refractivity contribution is 0.0995. The van der Waals surface area contributed by atoms with Crippen molar-refractivity contribution in [3.05, 3.63) is 58.0 Å². The highest BCUT2D eigenvalue weighted by atomic mass is 16.1. The molecular formula is C21H23N4O2. The number of hydrogen-bond donors (Lipinski definition) is 3. The summed E-state index contributed by atoms with van der Waals surface area (Å²) in [5.41, 5.74) is 8.17. The van der Waals surface area contributed by atoms with Crippen LogP contribution in [0.25, 0.3) is 22.2 Å².